The second-order valence-corrected chi connectivity index (χ2v) is 10.8. The first-order valence-corrected chi connectivity index (χ1v) is 13.2. The smallest absolute Gasteiger partial charge is 0.262 e. The minimum absolute atomic E-state index is 0.0378. The molecule has 2 N–H and O–H groups in total. The second kappa shape index (κ2) is 11.0. The maximum atomic E-state index is 12.8. The average molecular weight is 481 g/mol. The molecule has 0 spiro atoms. The quantitative estimate of drug-likeness (QED) is 0.314. The Labute approximate surface area is 189 Å². The number of morpholine rings is 1. The molecule has 0 bridgehead atoms. The third kappa shape index (κ3) is 7.10. The Balaban J connectivity index is 1.69. The Morgan fingerprint density at radius 2 is 1.56 bits per heavy atom. The Bertz CT molecular complexity index is 1110. The molecule has 1 aliphatic rings. The summed E-state index contributed by atoms with van der Waals surface area (Å²) in [5, 5.41) is 0. The van der Waals surface area contributed by atoms with E-state index in [9.17, 15) is 16.8 Å². The van der Waals surface area contributed by atoms with Crippen molar-refractivity contribution >= 4 is 25.9 Å². The SMILES string of the molecule is Cc1ccc(S(=O)(=O)NC(CN2CCOCC2)=NCCNS(=O)(=O)c2ccccc2)cc1. The van der Waals surface area contributed by atoms with Gasteiger partial charge in [-0.25, -0.2) is 21.6 Å². The van der Waals surface area contributed by atoms with Gasteiger partial charge in [-0.3, -0.25) is 14.6 Å². The molecular formula is C21H28N4O5S2. The Morgan fingerprint density at radius 3 is 2.22 bits per heavy atom. The van der Waals surface area contributed by atoms with Crippen LogP contribution < -0.4 is 9.44 Å². The summed E-state index contributed by atoms with van der Waals surface area (Å²) in [6.07, 6.45) is 0. The van der Waals surface area contributed by atoms with Crippen LogP contribution in [0.2, 0.25) is 0 Å². The number of nitrogens with one attached hydrogen (secondary N) is 2. The van der Waals surface area contributed by atoms with Crippen molar-refractivity contribution in [1.29, 1.82) is 0 Å². The molecule has 9 nitrogen and oxygen atoms in total. The molecule has 1 aliphatic heterocycles. The van der Waals surface area contributed by atoms with Crippen molar-refractivity contribution < 1.29 is 21.6 Å². The van der Waals surface area contributed by atoms with Crippen molar-refractivity contribution in [3.63, 3.8) is 0 Å². The fourth-order valence-electron chi connectivity index (χ4n) is 3.07. The molecule has 1 heterocycles. The van der Waals surface area contributed by atoms with Crippen LogP contribution in [0.25, 0.3) is 0 Å². The molecule has 0 atom stereocenters. The van der Waals surface area contributed by atoms with E-state index in [-0.39, 0.29) is 28.7 Å². The van der Waals surface area contributed by atoms with Gasteiger partial charge in [-0.05, 0) is 31.2 Å². The highest BCUT2D eigenvalue weighted by atomic mass is 32.2. The number of aryl methyl sites for hydroxylation is 1. The maximum Gasteiger partial charge on any atom is 0.262 e. The fraction of sp³-hybridized carbons (Fsp3) is 0.381. The molecule has 11 heteroatoms. The van der Waals surface area contributed by atoms with Crippen LogP contribution in [0.1, 0.15) is 5.56 Å². The van der Waals surface area contributed by atoms with Crippen LogP contribution in [-0.4, -0.2) is 73.5 Å². The van der Waals surface area contributed by atoms with E-state index in [0.717, 1.165) is 5.56 Å². The number of sulfonamides is 2. The van der Waals surface area contributed by atoms with Gasteiger partial charge >= 0.3 is 0 Å². The predicted molar refractivity (Wildman–Crippen MR) is 123 cm³/mol. The molecule has 0 aromatic heterocycles. The van der Waals surface area contributed by atoms with Crippen molar-refractivity contribution in [3.05, 3.63) is 60.2 Å². The zero-order valence-corrected chi connectivity index (χ0v) is 19.5. The summed E-state index contributed by atoms with van der Waals surface area (Å²) in [5.74, 6) is 0.256. The van der Waals surface area contributed by atoms with Crippen LogP contribution in [0, 0.1) is 6.92 Å². The van der Waals surface area contributed by atoms with Crippen molar-refractivity contribution in [2.75, 3.05) is 45.9 Å². The number of amidine groups is 1. The summed E-state index contributed by atoms with van der Waals surface area (Å²) in [6.45, 7) is 4.74. The summed E-state index contributed by atoms with van der Waals surface area (Å²) in [6, 6.07) is 14.6. The van der Waals surface area contributed by atoms with Crippen molar-refractivity contribution in [2.45, 2.75) is 16.7 Å². The maximum absolute atomic E-state index is 12.8. The van der Waals surface area contributed by atoms with E-state index in [4.69, 9.17) is 4.74 Å². The Hall–Kier alpha value is -2.31. The van der Waals surface area contributed by atoms with Crippen LogP contribution in [-0.2, 0) is 24.8 Å². The van der Waals surface area contributed by atoms with E-state index >= 15 is 0 Å². The highest BCUT2D eigenvalue weighted by Gasteiger charge is 2.20. The van der Waals surface area contributed by atoms with Gasteiger partial charge in [0.05, 0.1) is 36.1 Å². The molecule has 1 fully saturated rings. The molecule has 2 aromatic carbocycles. The molecule has 0 saturated carbocycles. The van der Waals surface area contributed by atoms with Gasteiger partial charge in [0.25, 0.3) is 10.0 Å². The van der Waals surface area contributed by atoms with Crippen LogP contribution in [0.5, 0.6) is 0 Å². The van der Waals surface area contributed by atoms with Crippen LogP contribution in [0.3, 0.4) is 0 Å². The van der Waals surface area contributed by atoms with Gasteiger partial charge in [0.15, 0.2) is 0 Å². The molecule has 1 saturated heterocycles. The van der Waals surface area contributed by atoms with Gasteiger partial charge in [0, 0.05) is 19.6 Å². The summed E-state index contributed by atoms with van der Waals surface area (Å²) in [4.78, 5) is 6.70. The zero-order chi connectivity index (χ0) is 23.0. The van der Waals surface area contributed by atoms with E-state index in [1.54, 1.807) is 30.3 Å². The minimum atomic E-state index is -3.81. The molecule has 32 heavy (non-hydrogen) atoms. The lowest BCUT2D eigenvalue weighted by Gasteiger charge is -2.27. The molecule has 3 rings (SSSR count). The first-order chi connectivity index (χ1) is 15.3. The van der Waals surface area contributed by atoms with Gasteiger partial charge in [-0.2, -0.15) is 0 Å². The Kier molecular flexibility index (Phi) is 8.38. The monoisotopic (exact) mass is 480 g/mol. The highest BCUT2D eigenvalue weighted by Crippen LogP contribution is 2.10. The third-order valence-corrected chi connectivity index (χ3v) is 7.69. The normalized spacial score (nSPS) is 16.1. The van der Waals surface area contributed by atoms with Crippen LogP contribution >= 0.6 is 0 Å². The lowest BCUT2D eigenvalue weighted by Crippen LogP contribution is -2.45. The average Bonchev–Trinajstić information content (AvgIpc) is 2.78. The van der Waals surface area contributed by atoms with Crippen molar-refractivity contribution in [1.82, 2.24) is 14.3 Å². The largest absolute Gasteiger partial charge is 0.379 e. The number of ether oxygens (including phenoxy) is 1. The molecule has 174 valence electrons. The number of aliphatic imine (C=N–C) groups is 1. The fourth-order valence-corrected chi connectivity index (χ4v) is 5.16. The van der Waals surface area contributed by atoms with E-state index in [0.29, 0.717) is 32.8 Å². The van der Waals surface area contributed by atoms with E-state index < -0.39 is 20.0 Å². The van der Waals surface area contributed by atoms with Gasteiger partial charge in [0.2, 0.25) is 10.0 Å². The second-order valence-electron chi connectivity index (χ2n) is 7.35. The van der Waals surface area contributed by atoms with E-state index in [1.165, 1.54) is 24.3 Å². The summed E-state index contributed by atoms with van der Waals surface area (Å²) in [5.41, 5.74) is 0.955. The number of benzene rings is 2. The van der Waals surface area contributed by atoms with Gasteiger partial charge in [-0.1, -0.05) is 35.9 Å². The number of hydrogen-bond acceptors (Lipinski definition) is 7. The third-order valence-electron chi connectivity index (χ3n) is 4.82. The van der Waals surface area contributed by atoms with Crippen LogP contribution in [0.15, 0.2) is 69.4 Å². The summed E-state index contributed by atoms with van der Waals surface area (Å²) < 4.78 is 60.7. The number of hydrogen-bond donors (Lipinski definition) is 2. The van der Waals surface area contributed by atoms with Crippen molar-refractivity contribution in [3.8, 4) is 0 Å². The molecule has 0 amide bonds. The molecule has 0 aliphatic carbocycles. The van der Waals surface area contributed by atoms with E-state index in [2.05, 4.69) is 14.4 Å². The van der Waals surface area contributed by atoms with Crippen LogP contribution in [0.4, 0.5) is 0 Å². The van der Waals surface area contributed by atoms with E-state index in [1.807, 2.05) is 11.8 Å². The first-order valence-electron chi connectivity index (χ1n) is 10.2. The molecule has 0 unspecified atom stereocenters. The Morgan fingerprint density at radius 1 is 0.938 bits per heavy atom. The topological polar surface area (TPSA) is 117 Å². The summed E-state index contributed by atoms with van der Waals surface area (Å²) in [7, 11) is -7.47. The molecular weight excluding hydrogens is 452 g/mol. The highest BCUT2D eigenvalue weighted by molar-refractivity contribution is 7.90. The zero-order valence-electron chi connectivity index (χ0n) is 17.9. The van der Waals surface area contributed by atoms with Gasteiger partial charge < -0.3 is 4.74 Å². The lowest BCUT2D eigenvalue weighted by atomic mass is 10.2. The summed E-state index contributed by atoms with van der Waals surface area (Å²) >= 11 is 0. The van der Waals surface area contributed by atoms with Crippen molar-refractivity contribution in [2.24, 2.45) is 4.99 Å². The number of nitrogens with zero attached hydrogens (tertiary/aromatic N) is 2. The molecule has 0 radical (unpaired) electrons. The standard InChI is InChI=1S/C21H28N4O5S2/c1-18-7-9-20(10-8-18)32(28,29)24-21(17-25-13-15-30-16-14-25)22-11-12-23-31(26,27)19-5-3-2-4-6-19/h2-10,23H,11-17H2,1H3,(H,22,24). The number of rotatable bonds is 9. The molecule has 2 aromatic rings. The minimum Gasteiger partial charge on any atom is -0.379 e. The lowest BCUT2D eigenvalue weighted by molar-refractivity contribution is 0.0451. The first kappa shape index (κ1) is 24.3. The van der Waals surface area contributed by atoms with Gasteiger partial charge in [-0.15, -0.1) is 0 Å². The van der Waals surface area contributed by atoms with Gasteiger partial charge in [0.1, 0.15) is 5.84 Å². The predicted octanol–water partition coefficient (Wildman–Crippen LogP) is 0.983.